The first kappa shape index (κ1) is 20.5. The zero-order valence-corrected chi connectivity index (χ0v) is 16.8. The van der Waals surface area contributed by atoms with Gasteiger partial charge in [-0.05, 0) is 50.8 Å². The van der Waals surface area contributed by atoms with E-state index in [-0.39, 0.29) is 11.3 Å². The van der Waals surface area contributed by atoms with E-state index < -0.39 is 17.7 Å². The maximum atomic E-state index is 12.9. The van der Waals surface area contributed by atoms with Crippen LogP contribution in [0.1, 0.15) is 23.6 Å². The molecule has 7 nitrogen and oxygen atoms in total. The van der Waals surface area contributed by atoms with Gasteiger partial charge in [0.1, 0.15) is 11.5 Å². The van der Waals surface area contributed by atoms with Gasteiger partial charge >= 0.3 is 0 Å². The second-order valence-corrected chi connectivity index (χ2v) is 7.17. The lowest BCUT2D eigenvalue weighted by atomic mass is 9.96. The minimum atomic E-state index is -0.691. The lowest BCUT2D eigenvalue weighted by Crippen LogP contribution is -2.32. The largest absolute Gasteiger partial charge is 0.507 e. The molecule has 0 radical (unpaired) electrons. The van der Waals surface area contributed by atoms with Crippen LogP contribution in [-0.4, -0.2) is 65.9 Å². The Morgan fingerprint density at radius 3 is 2.69 bits per heavy atom. The summed E-state index contributed by atoms with van der Waals surface area (Å²) in [6.07, 6.45) is 3.95. The number of hydrogen-bond donors (Lipinski definition) is 1. The molecule has 1 fully saturated rings. The van der Waals surface area contributed by atoms with E-state index in [2.05, 4.69) is 4.98 Å². The van der Waals surface area contributed by atoms with Gasteiger partial charge < -0.3 is 19.6 Å². The minimum absolute atomic E-state index is 0.0705. The van der Waals surface area contributed by atoms with Gasteiger partial charge in [-0.25, -0.2) is 0 Å². The number of carbonyl (C=O) groups excluding carboxylic acids is 2. The lowest BCUT2D eigenvalue weighted by Gasteiger charge is -2.25. The van der Waals surface area contributed by atoms with Gasteiger partial charge in [0.2, 0.25) is 0 Å². The van der Waals surface area contributed by atoms with Gasteiger partial charge in [-0.1, -0.05) is 18.2 Å². The summed E-state index contributed by atoms with van der Waals surface area (Å²) in [5.74, 6) is -0.968. The smallest absolute Gasteiger partial charge is 0.295 e. The number of aromatic nitrogens is 1. The molecule has 1 aromatic heterocycles. The number of ketones is 1. The summed E-state index contributed by atoms with van der Waals surface area (Å²) in [6, 6.07) is 9.65. The third-order valence-corrected chi connectivity index (χ3v) is 4.89. The van der Waals surface area contributed by atoms with E-state index in [9.17, 15) is 14.7 Å². The van der Waals surface area contributed by atoms with Crippen LogP contribution in [0.25, 0.3) is 5.76 Å². The maximum absolute atomic E-state index is 12.9. The molecule has 2 heterocycles. The highest BCUT2D eigenvalue weighted by molar-refractivity contribution is 6.46. The van der Waals surface area contributed by atoms with Gasteiger partial charge in [-0.3, -0.25) is 14.6 Å². The molecule has 1 aliphatic rings. The van der Waals surface area contributed by atoms with Crippen LogP contribution in [0.2, 0.25) is 0 Å². The fourth-order valence-corrected chi connectivity index (χ4v) is 3.48. The summed E-state index contributed by atoms with van der Waals surface area (Å²) < 4.78 is 5.21. The molecular formula is C22H25N3O4. The first-order chi connectivity index (χ1) is 13.9. The van der Waals surface area contributed by atoms with Crippen molar-refractivity contribution in [2.45, 2.75) is 12.5 Å². The average Bonchev–Trinajstić information content (AvgIpc) is 2.98. The SMILES string of the molecule is COc1cccc(/C(O)=C2\C(=O)C(=O)N(CCCN(C)C)[C@H]2c2cccnc2)c1. The number of pyridine rings is 1. The molecule has 0 aliphatic carbocycles. The highest BCUT2D eigenvalue weighted by atomic mass is 16.5. The number of likely N-dealkylation sites (tertiary alicyclic amines) is 1. The van der Waals surface area contributed by atoms with Gasteiger partial charge in [0.25, 0.3) is 11.7 Å². The molecule has 1 atom stereocenters. The van der Waals surface area contributed by atoms with E-state index in [4.69, 9.17) is 4.74 Å². The molecule has 1 aliphatic heterocycles. The average molecular weight is 395 g/mol. The summed E-state index contributed by atoms with van der Waals surface area (Å²) >= 11 is 0. The number of methoxy groups -OCH3 is 1. The van der Waals surface area contributed by atoms with Crippen molar-refractivity contribution in [1.82, 2.24) is 14.8 Å². The van der Waals surface area contributed by atoms with Crippen LogP contribution in [0.15, 0.2) is 54.4 Å². The third-order valence-electron chi connectivity index (χ3n) is 4.89. The van der Waals surface area contributed by atoms with E-state index in [0.717, 1.165) is 6.54 Å². The Kier molecular flexibility index (Phi) is 6.29. The van der Waals surface area contributed by atoms with Crippen molar-refractivity contribution in [3.8, 4) is 5.75 Å². The molecule has 0 spiro atoms. The fraction of sp³-hybridized carbons (Fsp3) is 0.318. The van der Waals surface area contributed by atoms with Crippen LogP contribution in [0.4, 0.5) is 0 Å². The summed E-state index contributed by atoms with van der Waals surface area (Å²) in [5, 5.41) is 11.0. The van der Waals surface area contributed by atoms with Crippen molar-refractivity contribution in [2.75, 3.05) is 34.3 Å². The Morgan fingerprint density at radius 1 is 1.24 bits per heavy atom. The predicted molar refractivity (Wildman–Crippen MR) is 109 cm³/mol. The number of rotatable bonds is 7. The molecule has 1 saturated heterocycles. The third kappa shape index (κ3) is 4.30. The van der Waals surface area contributed by atoms with Crippen molar-refractivity contribution in [3.05, 3.63) is 65.5 Å². The van der Waals surface area contributed by atoms with Gasteiger partial charge in [0.15, 0.2) is 0 Å². The Bertz CT molecular complexity index is 925. The highest BCUT2D eigenvalue weighted by Gasteiger charge is 2.45. The molecule has 1 aromatic carbocycles. The summed E-state index contributed by atoms with van der Waals surface area (Å²) in [4.78, 5) is 33.4. The van der Waals surface area contributed by atoms with Crippen LogP contribution in [0, 0.1) is 0 Å². The van der Waals surface area contributed by atoms with Gasteiger partial charge in [-0.2, -0.15) is 0 Å². The monoisotopic (exact) mass is 395 g/mol. The van der Waals surface area contributed by atoms with Crippen LogP contribution >= 0.6 is 0 Å². The zero-order chi connectivity index (χ0) is 21.0. The molecule has 7 heteroatoms. The fourth-order valence-electron chi connectivity index (χ4n) is 3.48. The summed E-state index contributed by atoms with van der Waals surface area (Å²) in [6.45, 7) is 1.18. The zero-order valence-electron chi connectivity index (χ0n) is 16.8. The van der Waals surface area contributed by atoms with E-state index in [1.165, 1.54) is 12.0 Å². The van der Waals surface area contributed by atoms with Crippen molar-refractivity contribution >= 4 is 17.4 Å². The predicted octanol–water partition coefficient (Wildman–Crippen LogP) is 2.46. The van der Waals surface area contributed by atoms with E-state index >= 15 is 0 Å². The van der Waals surface area contributed by atoms with Gasteiger partial charge in [-0.15, -0.1) is 0 Å². The van der Waals surface area contributed by atoms with Crippen LogP contribution in [-0.2, 0) is 9.59 Å². The first-order valence-corrected chi connectivity index (χ1v) is 9.41. The van der Waals surface area contributed by atoms with Crippen molar-refractivity contribution in [2.24, 2.45) is 0 Å². The number of Topliss-reactive ketones (excluding diaryl/α,β-unsaturated/α-hetero) is 1. The maximum Gasteiger partial charge on any atom is 0.295 e. The number of hydrogen-bond acceptors (Lipinski definition) is 6. The quantitative estimate of drug-likeness (QED) is 0.441. The summed E-state index contributed by atoms with van der Waals surface area (Å²) in [5.41, 5.74) is 1.17. The molecule has 0 bridgehead atoms. The Morgan fingerprint density at radius 2 is 2.03 bits per heavy atom. The van der Waals surface area contributed by atoms with E-state index in [1.807, 2.05) is 19.0 Å². The molecular weight excluding hydrogens is 370 g/mol. The number of aliphatic hydroxyl groups excluding tert-OH is 1. The number of carbonyl (C=O) groups is 2. The molecule has 152 valence electrons. The van der Waals surface area contributed by atoms with Crippen LogP contribution < -0.4 is 4.74 Å². The molecule has 1 N–H and O–H groups in total. The standard InChI is InChI=1S/C22H25N3O4/c1-24(2)11-6-12-25-19(16-8-5-10-23-14-16)18(21(27)22(25)28)20(26)15-7-4-9-17(13-15)29-3/h4-5,7-10,13-14,19,26H,6,11-12H2,1-3H3/b20-18+/t19-/m0/s1. The Labute approximate surface area is 170 Å². The Balaban J connectivity index is 2.07. The summed E-state index contributed by atoms with van der Waals surface area (Å²) in [7, 11) is 5.43. The van der Waals surface area contributed by atoms with Gasteiger partial charge in [0.05, 0.1) is 18.7 Å². The molecule has 0 saturated carbocycles. The minimum Gasteiger partial charge on any atom is -0.507 e. The van der Waals surface area contributed by atoms with Crippen LogP contribution in [0.3, 0.4) is 0 Å². The number of aliphatic hydroxyl groups is 1. The second kappa shape index (κ2) is 8.87. The molecule has 3 rings (SSSR count). The normalized spacial score (nSPS) is 18.5. The van der Waals surface area contributed by atoms with Gasteiger partial charge in [0, 0.05) is 24.5 Å². The van der Waals surface area contributed by atoms with Crippen molar-refractivity contribution < 1.29 is 19.4 Å². The van der Waals surface area contributed by atoms with Crippen molar-refractivity contribution in [1.29, 1.82) is 0 Å². The van der Waals surface area contributed by atoms with Crippen LogP contribution in [0.5, 0.6) is 5.75 Å². The number of nitrogens with zero attached hydrogens (tertiary/aromatic N) is 3. The van der Waals surface area contributed by atoms with E-state index in [0.29, 0.717) is 29.8 Å². The molecule has 2 aromatic rings. The molecule has 1 amide bonds. The van der Waals surface area contributed by atoms with Crippen molar-refractivity contribution in [3.63, 3.8) is 0 Å². The Hall–Kier alpha value is -3.19. The number of amides is 1. The molecule has 0 unspecified atom stereocenters. The second-order valence-electron chi connectivity index (χ2n) is 7.17. The van der Waals surface area contributed by atoms with E-state index in [1.54, 1.807) is 48.8 Å². The topological polar surface area (TPSA) is 83.0 Å². The first-order valence-electron chi connectivity index (χ1n) is 9.41. The lowest BCUT2D eigenvalue weighted by molar-refractivity contribution is -0.139. The molecule has 29 heavy (non-hydrogen) atoms. The number of benzene rings is 1. The highest BCUT2D eigenvalue weighted by Crippen LogP contribution is 2.39. The number of ether oxygens (including phenoxy) is 1.